The number of hydrogen-bond acceptors (Lipinski definition) is 3. The molecule has 0 amide bonds. The molecule has 120 valence electrons. The molecule has 0 fully saturated rings. The van der Waals surface area contributed by atoms with E-state index < -0.39 is 19.3 Å². The van der Waals surface area contributed by atoms with Crippen LogP contribution < -0.4 is 0 Å². The van der Waals surface area contributed by atoms with Crippen LogP contribution in [0.15, 0.2) is 24.3 Å². The van der Waals surface area contributed by atoms with Crippen LogP contribution in [-0.2, 0) is 19.8 Å². The van der Waals surface area contributed by atoms with Gasteiger partial charge in [0.2, 0.25) is 0 Å². The van der Waals surface area contributed by atoms with Gasteiger partial charge in [0.25, 0.3) is 0 Å². The minimum Gasteiger partial charge on any atom is -0.309 e. The minimum atomic E-state index is -4.35. The Bertz CT molecular complexity index is 475. The fraction of sp³-hybridized carbons (Fsp3) is 0.571. The Balaban J connectivity index is 2.83. The zero-order chi connectivity index (χ0) is 16.1. The predicted molar refractivity (Wildman–Crippen MR) is 75.6 cm³/mol. The predicted octanol–water partition coefficient (Wildman–Crippen LogP) is 5.08. The molecule has 1 aromatic carbocycles. The molecule has 21 heavy (non-hydrogen) atoms. The summed E-state index contributed by atoms with van der Waals surface area (Å²) in [5.74, 6) is -0.226. The van der Waals surface area contributed by atoms with Gasteiger partial charge in [-0.2, -0.15) is 13.2 Å². The fourth-order valence-corrected chi connectivity index (χ4v) is 3.93. The SMILES string of the molecule is CCOP(=O)(C[C@@H](C)c1ccc(C(F)(F)F)cc1)OCC. The van der Waals surface area contributed by atoms with Gasteiger partial charge < -0.3 is 9.05 Å². The lowest BCUT2D eigenvalue weighted by atomic mass is 10.0. The van der Waals surface area contributed by atoms with Crippen LogP contribution in [0, 0.1) is 0 Å². The maximum absolute atomic E-state index is 12.5. The minimum absolute atomic E-state index is 0.139. The molecule has 0 aliphatic heterocycles. The first-order valence-electron chi connectivity index (χ1n) is 6.77. The first kappa shape index (κ1) is 18.2. The molecular formula is C14H20F3O3P. The molecule has 0 aromatic heterocycles. The molecule has 0 N–H and O–H groups in total. The zero-order valence-electron chi connectivity index (χ0n) is 12.3. The summed E-state index contributed by atoms with van der Waals surface area (Å²) in [5.41, 5.74) is -0.0288. The van der Waals surface area contributed by atoms with E-state index in [1.165, 1.54) is 12.1 Å². The molecule has 0 heterocycles. The number of rotatable bonds is 7. The van der Waals surface area contributed by atoms with Gasteiger partial charge >= 0.3 is 13.8 Å². The average molecular weight is 324 g/mol. The Kier molecular flexibility index (Phi) is 6.44. The van der Waals surface area contributed by atoms with Gasteiger partial charge in [-0.05, 0) is 37.5 Å². The molecule has 0 aliphatic carbocycles. The molecule has 0 saturated carbocycles. The van der Waals surface area contributed by atoms with Gasteiger partial charge in [0, 0.05) is 0 Å². The summed E-state index contributed by atoms with van der Waals surface area (Å²) in [6.45, 7) is 5.74. The Hall–Kier alpha value is -0.840. The normalized spacial score (nSPS) is 14.2. The van der Waals surface area contributed by atoms with Gasteiger partial charge in [0.15, 0.2) is 0 Å². The zero-order valence-corrected chi connectivity index (χ0v) is 13.2. The lowest BCUT2D eigenvalue weighted by molar-refractivity contribution is -0.137. The summed E-state index contributed by atoms with van der Waals surface area (Å²) >= 11 is 0. The second-order valence-corrected chi connectivity index (χ2v) is 6.75. The van der Waals surface area contributed by atoms with Crippen LogP contribution in [0.1, 0.15) is 37.8 Å². The first-order chi connectivity index (χ1) is 9.72. The summed E-state index contributed by atoms with van der Waals surface area (Å²) in [6.07, 6.45) is -4.21. The van der Waals surface area contributed by atoms with Gasteiger partial charge in [-0.15, -0.1) is 0 Å². The molecular weight excluding hydrogens is 304 g/mol. The molecule has 1 aromatic rings. The number of halogens is 3. The molecule has 0 radical (unpaired) electrons. The summed E-state index contributed by atoms with van der Waals surface area (Å²) in [5, 5.41) is 0. The molecule has 0 unspecified atom stereocenters. The van der Waals surface area contributed by atoms with Gasteiger partial charge in [0.1, 0.15) is 0 Å². The van der Waals surface area contributed by atoms with Crippen molar-refractivity contribution in [3.8, 4) is 0 Å². The van der Waals surface area contributed by atoms with Gasteiger partial charge in [-0.3, -0.25) is 4.57 Å². The molecule has 3 nitrogen and oxygen atoms in total. The van der Waals surface area contributed by atoms with Gasteiger partial charge in [-0.25, -0.2) is 0 Å². The van der Waals surface area contributed by atoms with E-state index in [1.54, 1.807) is 20.8 Å². The maximum atomic E-state index is 12.5. The van der Waals surface area contributed by atoms with Crippen LogP contribution >= 0.6 is 7.60 Å². The largest absolute Gasteiger partial charge is 0.416 e. The van der Waals surface area contributed by atoms with E-state index >= 15 is 0 Å². The van der Waals surface area contributed by atoms with Crippen LogP contribution in [0.2, 0.25) is 0 Å². The summed E-state index contributed by atoms with van der Waals surface area (Å²) in [4.78, 5) is 0. The van der Waals surface area contributed by atoms with Crippen molar-refractivity contribution in [2.45, 2.75) is 32.9 Å². The highest BCUT2D eigenvalue weighted by atomic mass is 31.2. The van der Waals surface area contributed by atoms with E-state index in [4.69, 9.17) is 9.05 Å². The van der Waals surface area contributed by atoms with E-state index in [-0.39, 0.29) is 25.3 Å². The van der Waals surface area contributed by atoms with Crippen LogP contribution in [-0.4, -0.2) is 19.4 Å². The second-order valence-electron chi connectivity index (χ2n) is 4.65. The fourth-order valence-electron chi connectivity index (χ4n) is 1.98. The van der Waals surface area contributed by atoms with E-state index in [0.29, 0.717) is 5.56 Å². The van der Waals surface area contributed by atoms with Crippen molar-refractivity contribution < 1.29 is 26.8 Å². The van der Waals surface area contributed by atoms with Crippen LogP contribution in [0.3, 0.4) is 0 Å². The van der Waals surface area contributed by atoms with Crippen LogP contribution in [0.4, 0.5) is 13.2 Å². The van der Waals surface area contributed by atoms with E-state index in [9.17, 15) is 17.7 Å². The lowest BCUT2D eigenvalue weighted by Crippen LogP contribution is -2.08. The lowest BCUT2D eigenvalue weighted by Gasteiger charge is -2.21. The molecule has 0 saturated heterocycles. The van der Waals surface area contributed by atoms with Crippen molar-refractivity contribution in [3.05, 3.63) is 35.4 Å². The Morgan fingerprint density at radius 3 is 1.95 bits per heavy atom. The van der Waals surface area contributed by atoms with Crippen molar-refractivity contribution in [3.63, 3.8) is 0 Å². The van der Waals surface area contributed by atoms with E-state index in [1.807, 2.05) is 0 Å². The Labute approximate surface area is 123 Å². The van der Waals surface area contributed by atoms with Crippen molar-refractivity contribution in [2.75, 3.05) is 19.4 Å². The third kappa shape index (κ3) is 5.46. The number of hydrogen-bond donors (Lipinski definition) is 0. The summed E-state index contributed by atoms with van der Waals surface area (Å²) in [7, 11) is -3.21. The number of alkyl halides is 3. The van der Waals surface area contributed by atoms with Crippen LogP contribution in [0.25, 0.3) is 0 Å². The van der Waals surface area contributed by atoms with Gasteiger partial charge in [-0.1, -0.05) is 19.1 Å². The molecule has 0 spiro atoms. The molecule has 0 bridgehead atoms. The van der Waals surface area contributed by atoms with Crippen LogP contribution in [0.5, 0.6) is 0 Å². The van der Waals surface area contributed by atoms with Crippen molar-refractivity contribution in [1.29, 1.82) is 0 Å². The Morgan fingerprint density at radius 2 is 1.57 bits per heavy atom. The topological polar surface area (TPSA) is 35.5 Å². The van der Waals surface area contributed by atoms with Crippen molar-refractivity contribution in [1.82, 2.24) is 0 Å². The molecule has 1 rings (SSSR count). The molecule has 7 heteroatoms. The quantitative estimate of drug-likeness (QED) is 0.657. The third-order valence-electron chi connectivity index (χ3n) is 2.96. The highest BCUT2D eigenvalue weighted by Crippen LogP contribution is 2.51. The smallest absolute Gasteiger partial charge is 0.309 e. The Morgan fingerprint density at radius 1 is 1.10 bits per heavy atom. The maximum Gasteiger partial charge on any atom is 0.416 e. The second kappa shape index (κ2) is 7.43. The van der Waals surface area contributed by atoms with Gasteiger partial charge in [0.05, 0.1) is 24.9 Å². The first-order valence-corrected chi connectivity index (χ1v) is 8.50. The van der Waals surface area contributed by atoms with E-state index in [0.717, 1.165) is 12.1 Å². The third-order valence-corrected chi connectivity index (χ3v) is 5.25. The standard InChI is InChI=1S/C14H20F3O3P/c1-4-19-21(18,20-5-2)10-11(3)12-6-8-13(9-7-12)14(15,16)17/h6-9,11H,4-5,10H2,1-3H3/t11-/m1/s1. The monoisotopic (exact) mass is 324 g/mol. The summed E-state index contributed by atoms with van der Waals surface area (Å²) < 4.78 is 60.3. The highest BCUT2D eigenvalue weighted by molar-refractivity contribution is 7.53. The highest BCUT2D eigenvalue weighted by Gasteiger charge is 2.31. The summed E-state index contributed by atoms with van der Waals surface area (Å²) in [6, 6.07) is 4.85. The van der Waals surface area contributed by atoms with E-state index in [2.05, 4.69) is 0 Å². The molecule has 0 aliphatic rings. The molecule has 1 atom stereocenters. The van der Waals surface area contributed by atoms with Crippen molar-refractivity contribution >= 4 is 7.60 Å². The van der Waals surface area contributed by atoms with Crippen molar-refractivity contribution in [2.24, 2.45) is 0 Å². The number of benzene rings is 1. The average Bonchev–Trinajstić information content (AvgIpc) is 2.38.